The van der Waals surface area contributed by atoms with Crippen LogP contribution < -0.4 is 14.8 Å². The highest BCUT2D eigenvalue weighted by atomic mass is 16.5. The number of carboxylic acid groups (broad SMARTS) is 1. The Hall–Kier alpha value is -3.09. The molecule has 1 amide bonds. The second kappa shape index (κ2) is 9.21. The summed E-state index contributed by atoms with van der Waals surface area (Å²) in [6.07, 6.45) is 6.25. The lowest BCUT2D eigenvalue weighted by atomic mass is 10.1. The molecule has 1 saturated carbocycles. The van der Waals surface area contributed by atoms with Crippen molar-refractivity contribution in [1.29, 1.82) is 0 Å². The zero-order chi connectivity index (χ0) is 19.9. The number of nitrogens with one attached hydrogen (secondary N) is 1. The Kier molecular flexibility index (Phi) is 6.47. The summed E-state index contributed by atoms with van der Waals surface area (Å²) in [6.45, 7) is 1.48. The first-order valence-corrected chi connectivity index (χ1v) is 9.39. The average Bonchev–Trinajstić information content (AvgIpc) is 3.20. The predicted molar refractivity (Wildman–Crippen MR) is 103 cm³/mol. The molecule has 2 aromatic rings. The highest BCUT2D eigenvalue weighted by Crippen LogP contribution is 2.23. The molecule has 7 nitrogen and oxygen atoms in total. The van der Waals surface area contributed by atoms with Gasteiger partial charge in [0, 0.05) is 12.3 Å². The van der Waals surface area contributed by atoms with Crippen LogP contribution in [0.3, 0.4) is 0 Å². The van der Waals surface area contributed by atoms with Gasteiger partial charge in [-0.15, -0.1) is 0 Å². The number of aromatic nitrogens is 1. The number of rotatable bonds is 8. The van der Waals surface area contributed by atoms with Crippen molar-refractivity contribution in [2.75, 3.05) is 6.61 Å². The number of benzene rings is 1. The van der Waals surface area contributed by atoms with Gasteiger partial charge in [0.05, 0.1) is 11.6 Å². The lowest BCUT2D eigenvalue weighted by molar-refractivity contribution is -0.139. The van der Waals surface area contributed by atoms with Crippen LogP contribution in [0.25, 0.3) is 0 Å². The van der Waals surface area contributed by atoms with Crippen molar-refractivity contribution < 1.29 is 24.2 Å². The van der Waals surface area contributed by atoms with Gasteiger partial charge in [-0.2, -0.15) is 0 Å². The van der Waals surface area contributed by atoms with E-state index in [-0.39, 0.29) is 24.7 Å². The van der Waals surface area contributed by atoms with E-state index in [1.54, 1.807) is 36.4 Å². The minimum atomic E-state index is -1.03. The summed E-state index contributed by atoms with van der Waals surface area (Å²) in [6, 6.07) is 10.2. The van der Waals surface area contributed by atoms with Crippen molar-refractivity contribution in [1.82, 2.24) is 10.3 Å². The van der Waals surface area contributed by atoms with Crippen molar-refractivity contribution in [2.24, 2.45) is 0 Å². The Bertz CT molecular complexity index is 799. The SMILES string of the molecule is CC(NC(=O)c1ccc(OC2CCCC2)nc1)c1ccc(OCC(=O)O)cc1. The van der Waals surface area contributed by atoms with E-state index in [0.29, 0.717) is 17.2 Å². The molecule has 0 radical (unpaired) electrons. The largest absolute Gasteiger partial charge is 0.482 e. The van der Waals surface area contributed by atoms with E-state index in [2.05, 4.69) is 10.3 Å². The molecule has 1 aromatic carbocycles. The van der Waals surface area contributed by atoms with Crippen molar-refractivity contribution in [3.63, 3.8) is 0 Å². The second-order valence-electron chi connectivity index (χ2n) is 6.86. The molecule has 1 fully saturated rings. The van der Waals surface area contributed by atoms with Crippen LogP contribution in [0.2, 0.25) is 0 Å². The van der Waals surface area contributed by atoms with Gasteiger partial charge in [-0.25, -0.2) is 9.78 Å². The predicted octanol–water partition coefficient (Wildman–Crippen LogP) is 3.36. The summed E-state index contributed by atoms with van der Waals surface area (Å²) >= 11 is 0. The van der Waals surface area contributed by atoms with Crippen LogP contribution >= 0.6 is 0 Å². The maximum Gasteiger partial charge on any atom is 0.341 e. The van der Waals surface area contributed by atoms with Crippen LogP contribution in [-0.4, -0.2) is 34.7 Å². The fourth-order valence-corrected chi connectivity index (χ4v) is 3.12. The minimum absolute atomic E-state index is 0.223. The van der Waals surface area contributed by atoms with Crippen LogP contribution in [0.4, 0.5) is 0 Å². The summed E-state index contributed by atoms with van der Waals surface area (Å²) in [4.78, 5) is 27.2. The number of aliphatic carboxylic acids is 1. The van der Waals surface area contributed by atoms with Gasteiger partial charge in [0.1, 0.15) is 11.9 Å². The first kappa shape index (κ1) is 19.7. The van der Waals surface area contributed by atoms with Gasteiger partial charge in [-0.3, -0.25) is 4.79 Å². The number of carboxylic acids is 1. The molecule has 1 heterocycles. The molecular formula is C21H24N2O5. The third-order valence-corrected chi connectivity index (χ3v) is 4.68. The van der Waals surface area contributed by atoms with E-state index < -0.39 is 5.97 Å². The van der Waals surface area contributed by atoms with Gasteiger partial charge in [-0.1, -0.05) is 12.1 Å². The lowest BCUT2D eigenvalue weighted by Crippen LogP contribution is -2.26. The molecule has 2 N–H and O–H groups in total. The molecule has 0 bridgehead atoms. The number of amides is 1. The highest BCUT2D eigenvalue weighted by molar-refractivity contribution is 5.94. The number of pyridine rings is 1. The molecule has 7 heteroatoms. The topological polar surface area (TPSA) is 97.8 Å². The van der Waals surface area contributed by atoms with Crippen LogP contribution in [0.5, 0.6) is 11.6 Å². The van der Waals surface area contributed by atoms with Gasteiger partial charge in [0.2, 0.25) is 5.88 Å². The second-order valence-corrected chi connectivity index (χ2v) is 6.86. The van der Waals surface area contributed by atoms with E-state index in [1.165, 1.54) is 19.0 Å². The summed E-state index contributed by atoms with van der Waals surface area (Å²) < 4.78 is 10.9. The standard InChI is InChI=1S/C21H24N2O5/c1-14(15-6-9-17(10-7-15)27-13-20(24)25)23-21(26)16-8-11-19(22-12-16)28-18-4-2-3-5-18/h6-12,14,18H,2-5,13H2,1H3,(H,23,26)(H,24,25). The van der Waals surface area contributed by atoms with Crippen molar-refractivity contribution in [3.05, 3.63) is 53.7 Å². The Balaban J connectivity index is 1.53. The van der Waals surface area contributed by atoms with Crippen LogP contribution in [-0.2, 0) is 4.79 Å². The molecule has 1 aromatic heterocycles. The number of hydrogen-bond acceptors (Lipinski definition) is 5. The van der Waals surface area contributed by atoms with E-state index in [4.69, 9.17) is 14.6 Å². The maximum atomic E-state index is 12.4. The van der Waals surface area contributed by atoms with Gasteiger partial charge in [-0.05, 0) is 56.4 Å². The average molecular weight is 384 g/mol. The Morgan fingerprint density at radius 2 is 1.89 bits per heavy atom. The third kappa shape index (κ3) is 5.45. The Morgan fingerprint density at radius 1 is 1.18 bits per heavy atom. The molecule has 1 atom stereocenters. The summed E-state index contributed by atoms with van der Waals surface area (Å²) in [5.74, 6) is -0.239. The Labute approximate surface area is 163 Å². The highest BCUT2D eigenvalue weighted by Gasteiger charge is 2.17. The maximum absolute atomic E-state index is 12.4. The number of carbonyl (C=O) groups excluding carboxylic acids is 1. The smallest absolute Gasteiger partial charge is 0.341 e. The third-order valence-electron chi connectivity index (χ3n) is 4.68. The number of nitrogens with zero attached hydrogens (tertiary/aromatic N) is 1. The molecule has 1 aliphatic carbocycles. The lowest BCUT2D eigenvalue weighted by Gasteiger charge is -2.15. The first-order valence-electron chi connectivity index (χ1n) is 9.39. The molecule has 1 unspecified atom stereocenters. The van der Waals surface area contributed by atoms with Gasteiger partial charge in [0.15, 0.2) is 6.61 Å². The van der Waals surface area contributed by atoms with E-state index in [0.717, 1.165) is 18.4 Å². The summed E-state index contributed by atoms with van der Waals surface area (Å²) in [7, 11) is 0. The van der Waals surface area contributed by atoms with Gasteiger partial charge >= 0.3 is 5.97 Å². The quantitative estimate of drug-likeness (QED) is 0.724. The molecule has 28 heavy (non-hydrogen) atoms. The fraction of sp³-hybridized carbons (Fsp3) is 0.381. The molecule has 148 valence electrons. The normalized spacial score (nSPS) is 15.0. The molecule has 1 aliphatic rings. The van der Waals surface area contributed by atoms with Crippen LogP contribution in [0.1, 0.15) is 54.6 Å². The van der Waals surface area contributed by atoms with Gasteiger partial charge < -0.3 is 19.9 Å². The van der Waals surface area contributed by atoms with Crippen molar-refractivity contribution >= 4 is 11.9 Å². The molecule has 0 saturated heterocycles. The number of hydrogen-bond donors (Lipinski definition) is 2. The summed E-state index contributed by atoms with van der Waals surface area (Å²) in [5, 5.41) is 11.5. The molecular weight excluding hydrogens is 360 g/mol. The zero-order valence-corrected chi connectivity index (χ0v) is 15.8. The monoisotopic (exact) mass is 384 g/mol. The van der Waals surface area contributed by atoms with Crippen LogP contribution in [0, 0.1) is 0 Å². The van der Waals surface area contributed by atoms with Crippen molar-refractivity contribution in [3.8, 4) is 11.6 Å². The summed E-state index contributed by atoms with van der Waals surface area (Å²) in [5.41, 5.74) is 1.34. The van der Waals surface area contributed by atoms with Gasteiger partial charge in [0.25, 0.3) is 5.91 Å². The fourth-order valence-electron chi connectivity index (χ4n) is 3.12. The first-order chi connectivity index (χ1) is 13.5. The molecule has 0 spiro atoms. The molecule has 3 rings (SSSR count). The minimum Gasteiger partial charge on any atom is -0.482 e. The van der Waals surface area contributed by atoms with E-state index >= 15 is 0 Å². The number of carbonyl (C=O) groups is 2. The van der Waals surface area contributed by atoms with E-state index in [1.807, 2.05) is 6.92 Å². The molecule has 0 aliphatic heterocycles. The number of ether oxygens (including phenoxy) is 2. The zero-order valence-electron chi connectivity index (χ0n) is 15.8. The van der Waals surface area contributed by atoms with Crippen LogP contribution in [0.15, 0.2) is 42.6 Å². The Morgan fingerprint density at radius 3 is 2.50 bits per heavy atom. The van der Waals surface area contributed by atoms with Crippen molar-refractivity contribution in [2.45, 2.75) is 44.8 Å². The van der Waals surface area contributed by atoms with E-state index in [9.17, 15) is 9.59 Å².